The Morgan fingerprint density at radius 2 is 2.06 bits per heavy atom. The molecule has 0 saturated heterocycles. The van der Waals surface area contributed by atoms with Crippen molar-refractivity contribution in [3.8, 4) is 0 Å². The lowest BCUT2D eigenvalue weighted by atomic mass is 10.1. The third-order valence-corrected chi connectivity index (χ3v) is 2.57. The summed E-state index contributed by atoms with van der Waals surface area (Å²) >= 11 is 2.13. The van der Waals surface area contributed by atoms with Crippen LogP contribution in [-0.2, 0) is 11.3 Å². The molecule has 0 saturated carbocycles. The fourth-order valence-electron chi connectivity index (χ4n) is 1.33. The van der Waals surface area contributed by atoms with Crippen LogP contribution in [0.25, 0.3) is 0 Å². The van der Waals surface area contributed by atoms with Crippen molar-refractivity contribution in [1.82, 2.24) is 5.32 Å². The van der Waals surface area contributed by atoms with Gasteiger partial charge in [-0.3, -0.25) is 4.79 Å². The van der Waals surface area contributed by atoms with Gasteiger partial charge in [-0.1, -0.05) is 0 Å². The van der Waals surface area contributed by atoms with Crippen LogP contribution in [0.1, 0.15) is 36.7 Å². The highest BCUT2D eigenvalue weighted by Gasteiger charge is 2.15. The van der Waals surface area contributed by atoms with Crippen molar-refractivity contribution in [3.05, 3.63) is 32.9 Å². The van der Waals surface area contributed by atoms with Crippen LogP contribution in [0.3, 0.4) is 0 Å². The second kappa shape index (κ2) is 6.17. The minimum Gasteiger partial charge on any atom is -0.444 e. The monoisotopic (exact) mass is 361 g/mol. The molecule has 0 atom stereocenters. The summed E-state index contributed by atoms with van der Waals surface area (Å²) in [5.41, 5.74) is 0.959. The van der Waals surface area contributed by atoms with Crippen LogP contribution in [0.2, 0.25) is 0 Å². The number of nitrogens with one attached hydrogen (secondary N) is 1. The third-order valence-electron chi connectivity index (χ3n) is 1.95. The molecule has 18 heavy (non-hydrogen) atoms. The number of carbonyl (C=O) groups is 2. The van der Waals surface area contributed by atoms with E-state index in [0.717, 1.165) is 15.4 Å². The number of benzene rings is 1. The van der Waals surface area contributed by atoms with Crippen molar-refractivity contribution >= 4 is 35.0 Å². The number of halogens is 1. The molecule has 0 aliphatic rings. The van der Waals surface area contributed by atoms with Crippen molar-refractivity contribution in [2.75, 3.05) is 0 Å². The zero-order valence-electron chi connectivity index (χ0n) is 10.6. The number of hydrogen-bond acceptors (Lipinski definition) is 3. The predicted octanol–water partition coefficient (Wildman–Crippen LogP) is 3.13. The molecule has 0 unspecified atom stereocenters. The topological polar surface area (TPSA) is 55.4 Å². The molecule has 0 heterocycles. The van der Waals surface area contributed by atoms with Crippen LogP contribution in [0.4, 0.5) is 4.79 Å². The van der Waals surface area contributed by atoms with E-state index in [-0.39, 0.29) is 0 Å². The molecule has 1 N–H and O–H groups in total. The first kappa shape index (κ1) is 14.9. The maximum absolute atomic E-state index is 11.5. The van der Waals surface area contributed by atoms with E-state index in [1.54, 1.807) is 12.1 Å². The Bertz CT molecular complexity index is 452. The van der Waals surface area contributed by atoms with Crippen LogP contribution in [0.5, 0.6) is 0 Å². The molecule has 5 heteroatoms. The van der Waals surface area contributed by atoms with Gasteiger partial charge in [0.2, 0.25) is 0 Å². The average Bonchev–Trinajstić information content (AvgIpc) is 2.23. The number of ether oxygens (including phenoxy) is 1. The molecule has 4 nitrogen and oxygen atoms in total. The highest BCUT2D eigenvalue weighted by atomic mass is 127. The molecule has 0 radical (unpaired) electrons. The quantitative estimate of drug-likeness (QED) is 0.665. The molecular weight excluding hydrogens is 345 g/mol. The molecule has 1 aromatic carbocycles. The number of rotatable bonds is 3. The van der Waals surface area contributed by atoms with E-state index in [4.69, 9.17) is 4.74 Å². The first-order valence-corrected chi connectivity index (χ1v) is 6.59. The highest BCUT2D eigenvalue weighted by Crippen LogP contribution is 2.12. The van der Waals surface area contributed by atoms with Crippen molar-refractivity contribution in [2.45, 2.75) is 32.9 Å². The van der Waals surface area contributed by atoms with Gasteiger partial charge >= 0.3 is 6.09 Å². The maximum atomic E-state index is 11.5. The zero-order valence-corrected chi connectivity index (χ0v) is 12.8. The summed E-state index contributed by atoms with van der Waals surface area (Å²) < 4.78 is 6.08. The Labute approximate surface area is 120 Å². The molecule has 0 fully saturated rings. The van der Waals surface area contributed by atoms with Gasteiger partial charge in [-0.2, -0.15) is 0 Å². The summed E-state index contributed by atoms with van der Waals surface area (Å²) in [6.07, 6.45) is 0.327. The minimum absolute atomic E-state index is 0.340. The zero-order chi connectivity index (χ0) is 13.8. The molecule has 1 rings (SSSR count). The largest absolute Gasteiger partial charge is 0.444 e. The molecule has 0 aliphatic heterocycles. The fourth-order valence-corrected chi connectivity index (χ4v) is 2.09. The van der Waals surface area contributed by atoms with E-state index in [1.165, 1.54) is 0 Å². The Morgan fingerprint density at radius 3 is 2.61 bits per heavy atom. The Morgan fingerprint density at radius 1 is 1.39 bits per heavy atom. The van der Waals surface area contributed by atoms with Crippen molar-refractivity contribution < 1.29 is 14.3 Å². The Hall–Kier alpha value is -1.11. The van der Waals surface area contributed by atoms with Gasteiger partial charge in [0.05, 0.1) is 0 Å². The normalized spacial score (nSPS) is 10.9. The molecule has 0 aliphatic carbocycles. The minimum atomic E-state index is -0.511. The van der Waals surface area contributed by atoms with Crippen molar-refractivity contribution in [2.24, 2.45) is 0 Å². The van der Waals surface area contributed by atoms with E-state index in [2.05, 4.69) is 27.9 Å². The number of alkyl carbamates (subject to hydrolysis) is 1. The Kier molecular flexibility index (Phi) is 5.13. The summed E-state index contributed by atoms with van der Waals surface area (Å²) in [6, 6.07) is 5.43. The lowest BCUT2D eigenvalue weighted by molar-refractivity contribution is 0.0523. The molecule has 1 aromatic rings. The number of hydrogen-bond donors (Lipinski definition) is 1. The van der Waals surface area contributed by atoms with Crippen LogP contribution < -0.4 is 5.32 Å². The lowest BCUT2D eigenvalue weighted by Crippen LogP contribution is -2.32. The second-order valence-electron chi connectivity index (χ2n) is 4.87. The molecule has 0 aromatic heterocycles. The SMILES string of the molecule is CC(C)(C)OC(=O)NCc1cc(I)cc(C=O)c1. The van der Waals surface area contributed by atoms with E-state index in [9.17, 15) is 9.59 Å². The van der Waals surface area contributed by atoms with Gasteiger partial charge in [-0.15, -0.1) is 0 Å². The van der Waals surface area contributed by atoms with E-state index in [0.29, 0.717) is 12.1 Å². The van der Waals surface area contributed by atoms with Crippen LogP contribution in [0, 0.1) is 3.57 Å². The molecule has 0 spiro atoms. The van der Waals surface area contributed by atoms with Gasteiger partial charge in [-0.05, 0) is 67.1 Å². The number of carbonyl (C=O) groups excluding carboxylic acids is 2. The van der Waals surface area contributed by atoms with Crippen molar-refractivity contribution in [1.29, 1.82) is 0 Å². The molecular formula is C13H16INO3. The van der Waals surface area contributed by atoms with E-state index in [1.807, 2.05) is 26.8 Å². The van der Waals surface area contributed by atoms with Crippen molar-refractivity contribution in [3.63, 3.8) is 0 Å². The maximum Gasteiger partial charge on any atom is 0.407 e. The molecule has 0 bridgehead atoms. The first-order valence-electron chi connectivity index (χ1n) is 5.51. The number of amides is 1. The second-order valence-corrected chi connectivity index (χ2v) is 6.11. The van der Waals surface area contributed by atoms with Gasteiger partial charge in [0, 0.05) is 15.7 Å². The van der Waals surface area contributed by atoms with E-state index >= 15 is 0 Å². The fraction of sp³-hybridized carbons (Fsp3) is 0.385. The van der Waals surface area contributed by atoms with Gasteiger partial charge < -0.3 is 10.1 Å². The summed E-state index contributed by atoms with van der Waals surface area (Å²) in [5, 5.41) is 2.65. The van der Waals surface area contributed by atoms with Crippen LogP contribution in [0.15, 0.2) is 18.2 Å². The average molecular weight is 361 g/mol. The van der Waals surface area contributed by atoms with E-state index < -0.39 is 11.7 Å². The number of aldehydes is 1. The van der Waals surface area contributed by atoms with Crippen LogP contribution in [-0.4, -0.2) is 18.0 Å². The van der Waals surface area contributed by atoms with Gasteiger partial charge in [0.15, 0.2) is 0 Å². The summed E-state index contributed by atoms with van der Waals surface area (Å²) in [4.78, 5) is 22.2. The Balaban J connectivity index is 2.61. The van der Waals surface area contributed by atoms with Gasteiger partial charge in [-0.25, -0.2) is 4.79 Å². The molecule has 1 amide bonds. The van der Waals surface area contributed by atoms with Gasteiger partial charge in [0.25, 0.3) is 0 Å². The molecule has 98 valence electrons. The smallest absolute Gasteiger partial charge is 0.407 e. The third kappa shape index (κ3) is 5.48. The standard InChI is InChI=1S/C13H16INO3/c1-13(2,3)18-12(17)15-7-9-4-10(8-16)6-11(14)5-9/h4-6,8H,7H2,1-3H3,(H,15,17). The summed E-state index contributed by atoms with van der Waals surface area (Å²) in [7, 11) is 0. The summed E-state index contributed by atoms with van der Waals surface area (Å²) in [5.74, 6) is 0. The van der Waals surface area contributed by atoms with Crippen LogP contribution >= 0.6 is 22.6 Å². The predicted molar refractivity (Wildman–Crippen MR) is 77.6 cm³/mol. The summed E-state index contributed by atoms with van der Waals surface area (Å²) in [6.45, 7) is 5.76. The first-order chi connectivity index (χ1) is 8.30. The highest BCUT2D eigenvalue weighted by molar-refractivity contribution is 14.1. The lowest BCUT2D eigenvalue weighted by Gasteiger charge is -2.19. The van der Waals surface area contributed by atoms with Gasteiger partial charge in [0.1, 0.15) is 11.9 Å².